The van der Waals surface area contributed by atoms with Gasteiger partial charge in [-0.3, -0.25) is 0 Å². The van der Waals surface area contributed by atoms with Crippen LogP contribution in [0.1, 0.15) is 58.6 Å². The lowest BCUT2D eigenvalue weighted by atomic mass is 9.93. The molecule has 5 nitrogen and oxygen atoms in total. The fourth-order valence-corrected chi connectivity index (χ4v) is 3.72. The molecule has 142 valence electrons. The van der Waals surface area contributed by atoms with Crippen LogP contribution in [-0.4, -0.2) is 23.9 Å². The predicted octanol–water partition coefficient (Wildman–Crippen LogP) is 4.55. The van der Waals surface area contributed by atoms with Crippen LogP contribution in [-0.2, 0) is 9.53 Å². The van der Waals surface area contributed by atoms with Gasteiger partial charge in [-0.15, -0.1) is 11.8 Å². The van der Waals surface area contributed by atoms with Crippen LogP contribution in [0.15, 0.2) is 40.4 Å². The maximum Gasteiger partial charge on any atom is 0.338 e. The molecule has 0 fully saturated rings. The fourth-order valence-electron chi connectivity index (χ4n) is 2.88. The van der Waals surface area contributed by atoms with Crippen LogP contribution in [0.2, 0.25) is 0 Å². The van der Waals surface area contributed by atoms with Crippen LogP contribution in [0.3, 0.4) is 0 Å². The monoisotopic (exact) mass is 376 g/mol. The van der Waals surface area contributed by atoms with Crippen molar-refractivity contribution in [3.63, 3.8) is 0 Å². The third-order valence-corrected chi connectivity index (χ3v) is 5.03. The van der Waals surface area contributed by atoms with Crippen LogP contribution < -0.4 is 10.6 Å². The Labute approximate surface area is 160 Å². The van der Waals surface area contributed by atoms with E-state index in [1.807, 2.05) is 24.3 Å². The topological polar surface area (TPSA) is 67.4 Å². The molecule has 0 radical (unpaired) electrons. The van der Waals surface area contributed by atoms with E-state index in [2.05, 4.69) is 31.4 Å². The number of benzene rings is 1. The van der Waals surface area contributed by atoms with Crippen molar-refractivity contribution in [3.05, 3.63) is 41.1 Å². The fraction of sp³-hybridized carbons (Fsp3) is 0.500. The van der Waals surface area contributed by atoms with Crippen molar-refractivity contribution in [3.8, 4) is 0 Å². The Balaban J connectivity index is 2.38. The van der Waals surface area contributed by atoms with Crippen molar-refractivity contribution in [1.29, 1.82) is 0 Å². The molecule has 1 heterocycles. The van der Waals surface area contributed by atoms with E-state index in [-0.39, 0.29) is 12.0 Å². The summed E-state index contributed by atoms with van der Waals surface area (Å²) < 4.78 is 5.26. The Kier molecular flexibility index (Phi) is 7.57. The second-order valence-electron chi connectivity index (χ2n) is 6.48. The minimum Gasteiger partial charge on any atom is -0.463 e. The Morgan fingerprint density at radius 2 is 1.92 bits per heavy atom. The lowest BCUT2D eigenvalue weighted by Crippen LogP contribution is -2.46. The Morgan fingerprint density at radius 1 is 1.23 bits per heavy atom. The second-order valence-corrected chi connectivity index (χ2v) is 8.13. The Morgan fingerprint density at radius 3 is 2.50 bits per heavy atom. The second kappa shape index (κ2) is 9.67. The van der Waals surface area contributed by atoms with E-state index < -0.39 is 6.04 Å². The van der Waals surface area contributed by atoms with Crippen molar-refractivity contribution >= 4 is 23.8 Å². The summed E-state index contributed by atoms with van der Waals surface area (Å²) >= 11 is 1.78. The molecule has 6 heteroatoms. The molecule has 2 amide bonds. The SMILES string of the molecule is CCCCC1=C(C(=O)OCC)C(c2ccc(SC(C)C)cc2)NC(=O)N1. The Hall–Kier alpha value is -1.95. The van der Waals surface area contributed by atoms with Crippen molar-refractivity contribution in [2.45, 2.75) is 63.1 Å². The molecule has 0 aliphatic carbocycles. The molecule has 0 saturated carbocycles. The summed E-state index contributed by atoms with van der Waals surface area (Å²) in [6, 6.07) is 7.23. The first-order chi connectivity index (χ1) is 12.5. The quantitative estimate of drug-likeness (QED) is 0.516. The minimum atomic E-state index is -0.493. The van der Waals surface area contributed by atoms with Gasteiger partial charge >= 0.3 is 12.0 Å². The van der Waals surface area contributed by atoms with Gasteiger partial charge in [0.15, 0.2) is 0 Å². The van der Waals surface area contributed by atoms with E-state index in [0.717, 1.165) is 23.3 Å². The summed E-state index contributed by atoms with van der Waals surface area (Å²) in [5, 5.41) is 6.17. The molecule has 0 bridgehead atoms. The first-order valence-electron chi connectivity index (χ1n) is 9.20. The molecule has 26 heavy (non-hydrogen) atoms. The molecule has 1 aliphatic heterocycles. The van der Waals surface area contributed by atoms with Gasteiger partial charge in [0.05, 0.1) is 18.2 Å². The number of allylic oxidation sites excluding steroid dienone is 1. The van der Waals surface area contributed by atoms with Gasteiger partial charge in [-0.1, -0.05) is 39.3 Å². The number of thioether (sulfide) groups is 1. The minimum absolute atomic E-state index is 0.283. The number of hydrogen-bond donors (Lipinski definition) is 2. The van der Waals surface area contributed by atoms with Gasteiger partial charge in [0.2, 0.25) is 0 Å². The highest BCUT2D eigenvalue weighted by Crippen LogP contribution is 2.31. The Bertz CT molecular complexity index is 668. The molecule has 0 saturated heterocycles. The normalized spacial score (nSPS) is 17.1. The largest absolute Gasteiger partial charge is 0.463 e. The molecule has 1 aromatic rings. The number of ether oxygens (including phenoxy) is 1. The highest BCUT2D eigenvalue weighted by Gasteiger charge is 2.33. The van der Waals surface area contributed by atoms with Gasteiger partial charge < -0.3 is 15.4 Å². The first kappa shape index (κ1) is 20.4. The molecule has 1 atom stereocenters. The van der Waals surface area contributed by atoms with Crippen LogP contribution in [0, 0.1) is 0 Å². The molecule has 1 aliphatic rings. The number of nitrogens with one attached hydrogen (secondary N) is 2. The zero-order valence-corrected chi connectivity index (χ0v) is 16.7. The third kappa shape index (κ3) is 5.27. The number of amides is 2. The van der Waals surface area contributed by atoms with Gasteiger partial charge in [0.1, 0.15) is 0 Å². The van der Waals surface area contributed by atoms with E-state index in [0.29, 0.717) is 29.5 Å². The van der Waals surface area contributed by atoms with E-state index in [9.17, 15) is 9.59 Å². The summed E-state index contributed by atoms with van der Waals surface area (Å²) in [5.41, 5.74) is 2.05. The van der Waals surface area contributed by atoms with Crippen LogP contribution >= 0.6 is 11.8 Å². The van der Waals surface area contributed by atoms with Crippen LogP contribution in [0.4, 0.5) is 4.79 Å². The van der Waals surface area contributed by atoms with Gasteiger partial charge in [-0.2, -0.15) is 0 Å². The smallest absolute Gasteiger partial charge is 0.338 e. The number of unbranched alkanes of at least 4 members (excludes halogenated alkanes) is 1. The molecular formula is C20H28N2O3S. The molecule has 2 rings (SSSR count). The summed E-state index contributed by atoms with van der Waals surface area (Å²) in [7, 11) is 0. The number of urea groups is 1. The maximum atomic E-state index is 12.6. The molecule has 0 aromatic heterocycles. The average Bonchev–Trinajstić information content (AvgIpc) is 2.59. The zero-order chi connectivity index (χ0) is 19.1. The summed E-state index contributed by atoms with van der Waals surface area (Å²) in [4.78, 5) is 25.9. The molecule has 1 unspecified atom stereocenters. The van der Waals surface area contributed by atoms with Gasteiger partial charge in [0.25, 0.3) is 0 Å². The van der Waals surface area contributed by atoms with E-state index in [1.54, 1.807) is 18.7 Å². The van der Waals surface area contributed by atoms with Crippen LogP contribution in [0.25, 0.3) is 0 Å². The van der Waals surface area contributed by atoms with Crippen molar-refractivity contribution in [1.82, 2.24) is 10.6 Å². The van der Waals surface area contributed by atoms with Gasteiger partial charge in [-0.05, 0) is 37.5 Å². The number of carbonyl (C=O) groups excluding carboxylic acids is 2. The summed E-state index contributed by atoms with van der Waals surface area (Å²) in [6.07, 6.45) is 2.53. The molecule has 2 N–H and O–H groups in total. The molecule has 0 spiro atoms. The zero-order valence-electron chi connectivity index (χ0n) is 15.9. The van der Waals surface area contributed by atoms with Crippen molar-refractivity contribution in [2.75, 3.05) is 6.61 Å². The number of rotatable bonds is 8. The lowest BCUT2D eigenvalue weighted by Gasteiger charge is -2.29. The lowest BCUT2D eigenvalue weighted by molar-refractivity contribution is -0.139. The predicted molar refractivity (Wildman–Crippen MR) is 105 cm³/mol. The standard InChI is InChI=1S/C20H28N2O3S/c1-5-7-8-16-17(19(23)25-6-2)18(22-20(24)21-16)14-9-11-15(12-10-14)26-13(3)4/h9-13,18H,5-8H2,1-4H3,(H2,21,22,24). The van der Waals surface area contributed by atoms with Gasteiger partial charge in [0, 0.05) is 15.8 Å². The van der Waals surface area contributed by atoms with E-state index in [4.69, 9.17) is 4.74 Å². The molecule has 1 aromatic carbocycles. The number of esters is 1. The highest BCUT2D eigenvalue weighted by molar-refractivity contribution is 7.99. The first-order valence-corrected chi connectivity index (χ1v) is 10.1. The maximum absolute atomic E-state index is 12.6. The van der Waals surface area contributed by atoms with Crippen molar-refractivity contribution in [2.24, 2.45) is 0 Å². The highest BCUT2D eigenvalue weighted by atomic mass is 32.2. The third-order valence-electron chi connectivity index (χ3n) is 4.01. The number of hydrogen-bond acceptors (Lipinski definition) is 4. The molecular weight excluding hydrogens is 348 g/mol. The summed E-state index contributed by atoms with van der Waals surface area (Å²) in [6.45, 7) is 8.45. The van der Waals surface area contributed by atoms with Crippen molar-refractivity contribution < 1.29 is 14.3 Å². The summed E-state index contributed by atoms with van der Waals surface area (Å²) in [5.74, 6) is -0.378. The van der Waals surface area contributed by atoms with Gasteiger partial charge in [-0.25, -0.2) is 9.59 Å². The van der Waals surface area contributed by atoms with E-state index in [1.165, 1.54) is 0 Å². The number of carbonyl (C=O) groups is 2. The van der Waals surface area contributed by atoms with E-state index >= 15 is 0 Å². The average molecular weight is 377 g/mol. The van der Waals surface area contributed by atoms with Crippen LogP contribution in [0.5, 0.6) is 0 Å².